The second-order valence-corrected chi connectivity index (χ2v) is 5.25. The summed E-state index contributed by atoms with van der Waals surface area (Å²) >= 11 is 0. The Kier molecular flexibility index (Phi) is 3.72. The standard InChI is InChI=1S/C8H12N2O5S/c1-16(13,14)15-7-5-10(8(11)12)4-6(7)2-3-9/h6-7H,2,4-5H2,1H3,(H,11,12)/t6-,7-/m1/s1. The van der Waals surface area contributed by atoms with Crippen molar-refractivity contribution in [2.75, 3.05) is 19.3 Å². The molecule has 1 fully saturated rings. The zero-order chi connectivity index (χ0) is 12.3. The van der Waals surface area contributed by atoms with Crippen LogP contribution in [0.3, 0.4) is 0 Å². The van der Waals surface area contributed by atoms with Gasteiger partial charge in [0, 0.05) is 18.9 Å². The molecule has 1 amide bonds. The van der Waals surface area contributed by atoms with Crippen LogP contribution in [0.4, 0.5) is 4.79 Å². The van der Waals surface area contributed by atoms with Gasteiger partial charge in [-0.15, -0.1) is 0 Å². The van der Waals surface area contributed by atoms with Crippen molar-refractivity contribution in [1.82, 2.24) is 4.90 Å². The maximum atomic E-state index is 10.9. The maximum absolute atomic E-state index is 10.9. The van der Waals surface area contributed by atoms with E-state index in [1.807, 2.05) is 6.07 Å². The number of nitrogens with zero attached hydrogens (tertiary/aromatic N) is 2. The third kappa shape index (κ3) is 3.36. The van der Waals surface area contributed by atoms with E-state index in [2.05, 4.69) is 0 Å². The number of likely N-dealkylation sites (tertiary alicyclic amines) is 1. The summed E-state index contributed by atoms with van der Waals surface area (Å²) < 4.78 is 26.6. The van der Waals surface area contributed by atoms with Crippen molar-refractivity contribution in [2.24, 2.45) is 5.92 Å². The summed E-state index contributed by atoms with van der Waals surface area (Å²) in [5, 5.41) is 17.3. The molecule has 2 atom stereocenters. The summed E-state index contributed by atoms with van der Waals surface area (Å²) in [5.74, 6) is -0.393. The second-order valence-electron chi connectivity index (χ2n) is 3.65. The number of nitriles is 1. The molecule has 0 bridgehead atoms. The molecule has 0 radical (unpaired) electrons. The minimum absolute atomic E-state index is 0.0191. The summed E-state index contributed by atoms with van der Waals surface area (Å²) in [6, 6.07) is 1.89. The number of amides is 1. The molecule has 7 nitrogen and oxygen atoms in total. The molecule has 0 unspecified atom stereocenters. The van der Waals surface area contributed by atoms with Crippen LogP contribution in [0.1, 0.15) is 6.42 Å². The first-order valence-corrected chi connectivity index (χ1v) is 6.38. The van der Waals surface area contributed by atoms with E-state index in [-0.39, 0.29) is 19.5 Å². The van der Waals surface area contributed by atoms with Crippen LogP contribution < -0.4 is 0 Å². The lowest BCUT2D eigenvalue weighted by molar-refractivity contribution is 0.145. The van der Waals surface area contributed by atoms with E-state index >= 15 is 0 Å². The first kappa shape index (κ1) is 12.7. The molecule has 0 aromatic rings. The fraction of sp³-hybridized carbons (Fsp3) is 0.750. The molecule has 1 rings (SSSR count). The third-order valence-corrected chi connectivity index (χ3v) is 2.90. The van der Waals surface area contributed by atoms with Crippen molar-refractivity contribution in [3.05, 3.63) is 0 Å². The molecular weight excluding hydrogens is 236 g/mol. The zero-order valence-electron chi connectivity index (χ0n) is 8.66. The predicted molar refractivity (Wildman–Crippen MR) is 53.0 cm³/mol. The Labute approximate surface area is 93.3 Å². The van der Waals surface area contributed by atoms with E-state index in [9.17, 15) is 13.2 Å². The molecule has 0 spiro atoms. The van der Waals surface area contributed by atoms with E-state index in [0.29, 0.717) is 0 Å². The monoisotopic (exact) mass is 248 g/mol. The lowest BCUT2D eigenvalue weighted by Gasteiger charge is -2.13. The summed E-state index contributed by atoms with van der Waals surface area (Å²) in [4.78, 5) is 11.8. The van der Waals surface area contributed by atoms with Gasteiger partial charge in [-0.05, 0) is 0 Å². The lowest BCUT2D eigenvalue weighted by atomic mass is 10.0. The molecule has 1 saturated heterocycles. The number of carboxylic acid groups (broad SMARTS) is 1. The Morgan fingerprint density at radius 2 is 2.25 bits per heavy atom. The quantitative estimate of drug-likeness (QED) is 0.696. The summed E-state index contributed by atoms with van der Waals surface area (Å²) in [6.45, 7) is 0.109. The topological polar surface area (TPSA) is 108 Å². The summed E-state index contributed by atoms with van der Waals surface area (Å²) in [7, 11) is -3.64. The molecule has 0 aromatic carbocycles. The van der Waals surface area contributed by atoms with Crippen LogP contribution in [0.5, 0.6) is 0 Å². The average Bonchev–Trinajstić information content (AvgIpc) is 2.47. The zero-order valence-corrected chi connectivity index (χ0v) is 9.48. The number of hydrogen-bond donors (Lipinski definition) is 1. The van der Waals surface area contributed by atoms with Crippen molar-refractivity contribution in [3.63, 3.8) is 0 Å². The van der Waals surface area contributed by atoms with Crippen LogP contribution in [-0.2, 0) is 14.3 Å². The smallest absolute Gasteiger partial charge is 0.407 e. The number of hydrogen-bond acceptors (Lipinski definition) is 5. The first-order valence-electron chi connectivity index (χ1n) is 4.56. The Morgan fingerprint density at radius 1 is 1.62 bits per heavy atom. The van der Waals surface area contributed by atoms with Crippen LogP contribution in [0.25, 0.3) is 0 Å². The highest BCUT2D eigenvalue weighted by molar-refractivity contribution is 7.86. The highest BCUT2D eigenvalue weighted by Crippen LogP contribution is 2.23. The Morgan fingerprint density at radius 3 is 2.69 bits per heavy atom. The summed E-state index contributed by atoms with van der Waals surface area (Å²) in [5.41, 5.74) is 0. The number of rotatable bonds is 3. The fourth-order valence-electron chi connectivity index (χ4n) is 1.64. The predicted octanol–water partition coefficient (Wildman–Crippen LogP) is -0.145. The lowest BCUT2D eigenvalue weighted by Crippen LogP contribution is -2.29. The SMILES string of the molecule is CS(=O)(=O)O[C@@H]1CN(C(=O)O)C[C@H]1CC#N. The van der Waals surface area contributed by atoms with Crippen molar-refractivity contribution in [1.29, 1.82) is 5.26 Å². The maximum Gasteiger partial charge on any atom is 0.407 e. The molecule has 1 N–H and O–H groups in total. The highest BCUT2D eigenvalue weighted by Gasteiger charge is 2.37. The Bertz CT molecular complexity index is 413. The van der Waals surface area contributed by atoms with E-state index in [0.717, 1.165) is 11.2 Å². The van der Waals surface area contributed by atoms with Crippen molar-refractivity contribution < 1.29 is 22.5 Å². The van der Waals surface area contributed by atoms with E-state index in [1.54, 1.807) is 0 Å². The first-order chi connectivity index (χ1) is 7.33. The van der Waals surface area contributed by atoms with Gasteiger partial charge in [0.25, 0.3) is 10.1 Å². The Hall–Kier alpha value is -1.33. The van der Waals surface area contributed by atoms with Gasteiger partial charge in [-0.25, -0.2) is 4.79 Å². The van der Waals surface area contributed by atoms with Gasteiger partial charge in [-0.2, -0.15) is 13.7 Å². The number of carbonyl (C=O) groups is 1. The van der Waals surface area contributed by atoms with Crippen molar-refractivity contribution in [2.45, 2.75) is 12.5 Å². The third-order valence-electron chi connectivity index (χ3n) is 2.30. The molecule has 0 aliphatic carbocycles. The second kappa shape index (κ2) is 4.67. The van der Waals surface area contributed by atoms with Crippen LogP contribution in [-0.4, -0.2) is 50.0 Å². The minimum atomic E-state index is -3.64. The van der Waals surface area contributed by atoms with Gasteiger partial charge in [0.05, 0.1) is 18.9 Å². The van der Waals surface area contributed by atoms with E-state index < -0.39 is 28.2 Å². The van der Waals surface area contributed by atoms with Gasteiger partial charge in [-0.1, -0.05) is 0 Å². The molecule has 1 aliphatic heterocycles. The molecule has 16 heavy (non-hydrogen) atoms. The van der Waals surface area contributed by atoms with Gasteiger partial charge in [0.1, 0.15) is 6.10 Å². The van der Waals surface area contributed by atoms with Crippen LogP contribution in [0.2, 0.25) is 0 Å². The average molecular weight is 248 g/mol. The largest absolute Gasteiger partial charge is 0.465 e. The van der Waals surface area contributed by atoms with Gasteiger partial charge < -0.3 is 10.0 Å². The van der Waals surface area contributed by atoms with Gasteiger partial charge in [0.2, 0.25) is 0 Å². The van der Waals surface area contributed by atoms with Crippen LogP contribution in [0, 0.1) is 17.2 Å². The van der Waals surface area contributed by atoms with Crippen LogP contribution in [0.15, 0.2) is 0 Å². The van der Waals surface area contributed by atoms with Gasteiger partial charge in [-0.3, -0.25) is 4.18 Å². The Balaban J connectivity index is 2.74. The molecule has 0 saturated carbocycles. The van der Waals surface area contributed by atoms with E-state index in [1.165, 1.54) is 0 Å². The molecule has 1 aliphatic rings. The molecule has 0 aromatic heterocycles. The van der Waals surface area contributed by atoms with Crippen molar-refractivity contribution in [3.8, 4) is 6.07 Å². The van der Waals surface area contributed by atoms with Crippen LogP contribution >= 0.6 is 0 Å². The molecule has 1 heterocycles. The van der Waals surface area contributed by atoms with Crippen molar-refractivity contribution >= 4 is 16.2 Å². The normalized spacial score (nSPS) is 25.4. The molecule has 90 valence electrons. The van der Waals surface area contributed by atoms with Gasteiger partial charge >= 0.3 is 6.09 Å². The van der Waals surface area contributed by atoms with Gasteiger partial charge in [0.15, 0.2) is 0 Å². The molecular formula is C8H12N2O5S. The minimum Gasteiger partial charge on any atom is -0.465 e. The summed E-state index contributed by atoms with van der Waals surface area (Å²) in [6.07, 6.45) is -0.919. The van der Waals surface area contributed by atoms with E-state index in [4.69, 9.17) is 14.6 Å². The molecule has 8 heteroatoms. The fourth-order valence-corrected chi connectivity index (χ4v) is 2.31. The highest BCUT2D eigenvalue weighted by atomic mass is 32.2.